The lowest BCUT2D eigenvalue weighted by molar-refractivity contribution is -0.152. The number of amides is 3. The highest BCUT2D eigenvalue weighted by molar-refractivity contribution is 7.10. The zero-order valence-corrected chi connectivity index (χ0v) is 24.7. The first kappa shape index (κ1) is 29.1. The van der Waals surface area contributed by atoms with Crippen molar-refractivity contribution in [2.24, 2.45) is 0 Å². The van der Waals surface area contributed by atoms with E-state index in [1.54, 1.807) is 18.2 Å². The molecule has 232 valence electrons. The van der Waals surface area contributed by atoms with Crippen molar-refractivity contribution in [2.75, 3.05) is 26.3 Å². The summed E-state index contributed by atoms with van der Waals surface area (Å²) in [7, 11) is 0. The van der Waals surface area contributed by atoms with Gasteiger partial charge < -0.3 is 25.0 Å². The number of ether oxygens (including phenoxy) is 2. The summed E-state index contributed by atoms with van der Waals surface area (Å²) in [6, 6.07) is 10.7. The van der Waals surface area contributed by atoms with E-state index in [-0.39, 0.29) is 41.3 Å². The lowest BCUT2D eigenvalue weighted by Gasteiger charge is -2.25. The molecule has 0 bridgehead atoms. The summed E-state index contributed by atoms with van der Waals surface area (Å²) in [4.78, 5) is 42.3. The zero-order chi connectivity index (χ0) is 31.3. The van der Waals surface area contributed by atoms with Crippen molar-refractivity contribution in [3.63, 3.8) is 0 Å². The van der Waals surface area contributed by atoms with E-state index < -0.39 is 42.0 Å². The topological polar surface area (TPSA) is 151 Å². The molecule has 0 saturated carbocycles. The molecule has 2 atom stereocenters. The van der Waals surface area contributed by atoms with E-state index in [0.29, 0.717) is 24.6 Å². The number of benzene rings is 2. The highest BCUT2D eigenvalue weighted by Crippen LogP contribution is 2.51. The number of thiophene rings is 1. The molecule has 12 nitrogen and oxygen atoms in total. The first-order chi connectivity index (χ1) is 21.6. The number of nitrogens with zero attached hydrogens (tertiary/aromatic N) is 4. The van der Waals surface area contributed by atoms with Gasteiger partial charge in [-0.25, -0.2) is 0 Å². The van der Waals surface area contributed by atoms with Crippen LogP contribution in [0.5, 0.6) is 0 Å². The highest BCUT2D eigenvalue weighted by atomic mass is 32.1. The summed E-state index contributed by atoms with van der Waals surface area (Å²) >= 11 is 1.42. The standard InChI is InChI=1S/C30H27F2N7O5S/c1-16(24-11-18(14-45-24)26-35-37-38-36-26)34-28(42)23-12-29(43-8-9-44-29)15-39(23)25(40)13-33-27(41)17-6-7-22-20(10-17)19-4-2-3-5-21(19)30(22,31)32/h2-7,10-11,14,16,23H,8-9,12-13,15H2,1H3,(H,33,41)(H,34,42)(H,35,36,37,38)/t16-,23?/m1/s1. The van der Waals surface area contributed by atoms with E-state index in [1.807, 2.05) is 18.4 Å². The summed E-state index contributed by atoms with van der Waals surface area (Å²) < 4.78 is 41.5. The Morgan fingerprint density at radius 3 is 2.67 bits per heavy atom. The fourth-order valence-corrected chi connectivity index (χ4v) is 6.98. The van der Waals surface area contributed by atoms with Crippen LogP contribution in [0.4, 0.5) is 8.78 Å². The van der Waals surface area contributed by atoms with Gasteiger partial charge in [0.2, 0.25) is 17.6 Å². The van der Waals surface area contributed by atoms with Crippen LogP contribution in [-0.2, 0) is 25.0 Å². The van der Waals surface area contributed by atoms with Crippen molar-refractivity contribution in [2.45, 2.75) is 37.1 Å². The van der Waals surface area contributed by atoms with E-state index in [1.165, 1.54) is 40.5 Å². The zero-order valence-electron chi connectivity index (χ0n) is 23.9. The second kappa shape index (κ2) is 11.1. The minimum absolute atomic E-state index is 0.0138. The quantitative estimate of drug-likeness (QED) is 0.281. The van der Waals surface area contributed by atoms with E-state index in [4.69, 9.17) is 9.47 Å². The molecule has 7 rings (SSSR count). The Balaban J connectivity index is 1.04. The van der Waals surface area contributed by atoms with Gasteiger partial charge in [0.25, 0.3) is 11.8 Å². The molecule has 2 aromatic heterocycles. The third-order valence-electron chi connectivity index (χ3n) is 8.31. The van der Waals surface area contributed by atoms with Gasteiger partial charge in [-0.3, -0.25) is 14.4 Å². The summed E-state index contributed by atoms with van der Waals surface area (Å²) in [6.07, 6.45) is 0.127. The molecule has 1 spiro atoms. The van der Waals surface area contributed by atoms with Gasteiger partial charge in [-0.1, -0.05) is 30.3 Å². The lowest BCUT2D eigenvalue weighted by atomic mass is 10.0. The van der Waals surface area contributed by atoms with Crippen LogP contribution in [0.15, 0.2) is 53.9 Å². The number of hydrogen-bond donors (Lipinski definition) is 3. The minimum atomic E-state index is -3.17. The number of aromatic amines is 1. The van der Waals surface area contributed by atoms with Gasteiger partial charge in [0.15, 0.2) is 5.79 Å². The Labute approximate surface area is 259 Å². The number of carbonyl (C=O) groups is 3. The van der Waals surface area contributed by atoms with Crippen LogP contribution in [0.3, 0.4) is 0 Å². The molecule has 3 N–H and O–H groups in total. The molecule has 3 amide bonds. The van der Waals surface area contributed by atoms with Gasteiger partial charge in [0.1, 0.15) is 6.04 Å². The van der Waals surface area contributed by atoms with Gasteiger partial charge in [-0.2, -0.15) is 14.0 Å². The van der Waals surface area contributed by atoms with Gasteiger partial charge >= 0.3 is 0 Å². The Hall–Kier alpha value is -4.60. The number of halogens is 2. The van der Waals surface area contributed by atoms with Gasteiger partial charge in [0.05, 0.1) is 32.3 Å². The van der Waals surface area contributed by atoms with Crippen molar-refractivity contribution in [1.29, 1.82) is 0 Å². The fraction of sp³-hybridized carbons (Fsp3) is 0.333. The lowest BCUT2D eigenvalue weighted by Crippen LogP contribution is -2.49. The number of alkyl halides is 2. The molecule has 1 aliphatic carbocycles. The number of likely N-dealkylation sites (tertiary alicyclic amines) is 1. The molecule has 0 radical (unpaired) electrons. The molecule has 1 unspecified atom stereocenters. The highest BCUT2D eigenvalue weighted by Gasteiger charge is 2.52. The molecule has 4 heterocycles. The fourth-order valence-electron chi connectivity index (χ4n) is 6.08. The SMILES string of the molecule is C[C@@H](NC(=O)C1CC2(CN1C(=O)CNC(=O)c1ccc3c(c1)-c1ccccc1C3(F)F)OCCO2)c1cc(-c2nn[nH]n2)cs1. The predicted octanol–water partition coefficient (Wildman–Crippen LogP) is 3.00. The number of tetrazole rings is 1. The predicted molar refractivity (Wildman–Crippen MR) is 156 cm³/mol. The maximum absolute atomic E-state index is 14.9. The molecule has 4 aromatic rings. The van der Waals surface area contributed by atoms with Crippen LogP contribution in [0.25, 0.3) is 22.5 Å². The smallest absolute Gasteiger partial charge is 0.299 e. The maximum Gasteiger partial charge on any atom is 0.299 e. The molecule has 15 heteroatoms. The van der Waals surface area contributed by atoms with Crippen LogP contribution in [-0.4, -0.2) is 81.4 Å². The molecule has 2 aliphatic heterocycles. The molecular formula is C30H27F2N7O5S. The van der Waals surface area contributed by atoms with Crippen molar-refractivity contribution < 1.29 is 32.6 Å². The van der Waals surface area contributed by atoms with E-state index in [9.17, 15) is 23.2 Å². The van der Waals surface area contributed by atoms with Crippen LogP contribution in [0, 0.1) is 0 Å². The van der Waals surface area contributed by atoms with Crippen LogP contribution in [0.2, 0.25) is 0 Å². The number of aromatic nitrogens is 4. The van der Waals surface area contributed by atoms with Crippen molar-refractivity contribution in [1.82, 2.24) is 36.2 Å². The Morgan fingerprint density at radius 1 is 1.11 bits per heavy atom. The molecule has 2 fully saturated rings. The Bertz CT molecular complexity index is 1790. The third-order valence-corrected chi connectivity index (χ3v) is 9.43. The van der Waals surface area contributed by atoms with Crippen LogP contribution in [0.1, 0.15) is 45.7 Å². The largest absolute Gasteiger partial charge is 0.347 e. The third kappa shape index (κ3) is 5.15. The van der Waals surface area contributed by atoms with Crippen molar-refractivity contribution in [3.8, 4) is 22.5 Å². The number of hydrogen-bond acceptors (Lipinski definition) is 9. The van der Waals surface area contributed by atoms with Crippen molar-refractivity contribution >= 4 is 29.1 Å². The van der Waals surface area contributed by atoms with Gasteiger partial charge in [0, 0.05) is 38.9 Å². The number of rotatable bonds is 7. The summed E-state index contributed by atoms with van der Waals surface area (Å²) in [5.41, 5.74) is 1.23. The molecular weight excluding hydrogens is 608 g/mol. The minimum Gasteiger partial charge on any atom is -0.347 e. The molecule has 3 aliphatic rings. The molecule has 45 heavy (non-hydrogen) atoms. The summed E-state index contributed by atoms with van der Waals surface area (Å²) in [6.45, 7) is 2.08. The number of H-pyrrole nitrogens is 1. The Kier molecular flexibility index (Phi) is 7.17. The molecule has 2 saturated heterocycles. The first-order valence-corrected chi connectivity index (χ1v) is 15.1. The number of carbonyl (C=O) groups excluding carboxylic acids is 3. The normalized spacial score (nSPS) is 19.7. The average molecular weight is 636 g/mol. The first-order valence-electron chi connectivity index (χ1n) is 14.3. The van der Waals surface area contributed by atoms with Crippen molar-refractivity contribution in [3.05, 3.63) is 75.5 Å². The van der Waals surface area contributed by atoms with Gasteiger partial charge in [-0.05, 0) is 41.5 Å². The summed E-state index contributed by atoms with van der Waals surface area (Å²) in [5, 5.41) is 21.3. The maximum atomic E-state index is 14.9. The van der Waals surface area contributed by atoms with E-state index >= 15 is 0 Å². The van der Waals surface area contributed by atoms with E-state index in [0.717, 1.165) is 10.4 Å². The second-order valence-electron chi connectivity index (χ2n) is 11.1. The second-order valence-corrected chi connectivity index (χ2v) is 12.1. The Morgan fingerprint density at radius 2 is 1.89 bits per heavy atom. The van der Waals surface area contributed by atoms with E-state index in [2.05, 4.69) is 31.3 Å². The number of nitrogens with one attached hydrogen (secondary N) is 3. The summed E-state index contributed by atoms with van der Waals surface area (Å²) in [5.74, 6) is -5.36. The van der Waals surface area contributed by atoms with Gasteiger partial charge in [-0.15, -0.1) is 21.5 Å². The van der Waals surface area contributed by atoms with Crippen LogP contribution >= 0.6 is 11.3 Å². The molecule has 2 aromatic carbocycles. The number of fused-ring (bicyclic) bond motifs is 3. The van der Waals surface area contributed by atoms with Crippen LogP contribution < -0.4 is 10.6 Å². The monoisotopic (exact) mass is 635 g/mol. The average Bonchev–Trinajstić information content (AvgIpc) is 3.88.